The summed E-state index contributed by atoms with van der Waals surface area (Å²) < 4.78 is 22.9. The molecule has 1 aliphatic heterocycles. The van der Waals surface area contributed by atoms with Crippen LogP contribution in [0.1, 0.15) is 12.1 Å². The van der Waals surface area contributed by atoms with Crippen molar-refractivity contribution < 1.29 is 8.42 Å². The Hall–Kier alpha value is -0.940. The second-order valence-electron chi connectivity index (χ2n) is 4.58. The summed E-state index contributed by atoms with van der Waals surface area (Å²) in [5, 5.41) is 3.23. The van der Waals surface area contributed by atoms with Gasteiger partial charge in [-0.3, -0.25) is 4.98 Å². The molecule has 1 aromatic rings. The van der Waals surface area contributed by atoms with Crippen LogP contribution in [-0.4, -0.2) is 38.0 Å². The SMILES string of the molecule is CNC(Cc1ccccn1)C1CCS(=O)(=O)C1. The Morgan fingerprint density at radius 3 is 2.88 bits per heavy atom. The van der Waals surface area contributed by atoms with E-state index in [0.29, 0.717) is 11.5 Å². The van der Waals surface area contributed by atoms with Gasteiger partial charge in [0.25, 0.3) is 0 Å². The molecule has 0 aliphatic carbocycles. The maximum atomic E-state index is 11.5. The minimum absolute atomic E-state index is 0.196. The average molecular weight is 254 g/mol. The zero-order valence-electron chi connectivity index (χ0n) is 9.96. The van der Waals surface area contributed by atoms with E-state index in [-0.39, 0.29) is 12.0 Å². The minimum atomic E-state index is -2.80. The Morgan fingerprint density at radius 1 is 1.53 bits per heavy atom. The van der Waals surface area contributed by atoms with Crippen LogP contribution in [0.4, 0.5) is 0 Å². The number of hydrogen-bond donors (Lipinski definition) is 1. The largest absolute Gasteiger partial charge is 0.316 e. The summed E-state index contributed by atoms with van der Waals surface area (Å²) in [5.41, 5.74) is 1.01. The average Bonchev–Trinajstić information content (AvgIpc) is 2.68. The van der Waals surface area contributed by atoms with Crippen molar-refractivity contribution in [2.45, 2.75) is 18.9 Å². The second kappa shape index (κ2) is 5.14. The molecular formula is C12H18N2O2S. The van der Waals surface area contributed by atoms with Gasteiger partial charge in [0.2, 0.25) is 0 Å². The Kier molecular flexibility index (Phi) is 3.79. The van der Waals surface area contributed by atoms with Gasteiger partial charge < -0.3 is 5.32 Å². The van der Waals surface area contributed by atoms with E-state index in [1.165, 1.54) is 0 Å². The Bertz CT molecular complexity index is 459. The summed E-state index contributed by atoms with van der Waals surface area (Å²) in [5.74, 6) is 0.857. The quantitative estimate of drug-likeness (QED) is 0.857. The Labute approximate surface area is 102 Å². The lowest BCUT2D eigenvalue weighted by Crippen LogP contribution is -2.36. The zero-order chi connectivity index (χ0) is 12.3. The number of nitrogens with one attached hydrogen (secondary N) is 1. The smallest absolute Gasteiger partial charge is 0.150 e. The van der Waals surface area contributed by atoms with Crippen LogP contribution in [0.15, 0.2) is 24.4 Å². The lowest BCUT2D eigenvalue weighted by Gasteiger charge is -2.21. The third-order valence-corrected chi connectivity index (χ3v) is 5.16. The first-order chi connectivity index (χ1) is 8.11. The molecule has 2 atom stereocenters. The van der Waals surface area contributed by atoms with Gasteiger partial charge in [0.1, 0.15) is 0 Å². The topological polar surface area (TPSA) is 59.1 Å². The zero-order valence-corrected chi connectivity index (χ0v) is 10.8. The van der Waals surface area contributed by atoms with Gasteiger partial charge in [-0.1, -0.05) is 6.07 Å². The molecule has 0 radical (unpaired) electrons. The molecule has 4 nitrogen and oxygen atoms in total. The number of sulfone groups is 1. The van der Waals surface area contributed by atoms with Crippen molar-refractivity contribution in [2.24, 2.45) is 5.92 Å². The highest BCUT2D eigenvalue weighted by molar-refractivity contribution is 7.91. The number of pyridine rings is 1. The van der Waals surface area contributed by atoms with Crippen molar-refractivity contribution in [3.63, 3.8) is 0 Å². The van der Waals surface area contributed by atoms with E-state index in [0.717, 1.165) is 18.5 Å². The van der Waals surface area contributed by atoms with Crippen LogP contribution in [0.2, 0.25) is 0 Å². The number of nitrogens with zero attached hydrogens (tertiary/aromatic N) is 1. The van der Waals surface area contributed by atoms with E-state index in [9.17, 15) is 8.42 Å². The van der Waals surface area contributed by atoms with E-state index in [1.54, 1.807) is 6.20 Å². The van der Waals surface area contributed by atoms with Crippen molar-refractivity contribution in [3.8, 4) is 0 Å². The lowest BCUT2D eigenvalue weighted by atomic mass is 9.95. The first-order valence-electron chi connectivity index (χ1n) is 5.88. The molecule has 2 heterocycles. The monoisotopic (exact) mass is 254 g/mol. The molecule has 94 valence electrons. The van der Waals surface area contributed by atoms with Gasteiger partial charge in [0.15, 0.2) is 9.84 Å². The number of rotatable bonds is 4. The maximum absolute atomic E-state index is 11.5. The van der Waals surface area contributed by atoms with Gasteiger partial charge in [0, 0.05) is 24.4 Å². The van der Waals surface area contributed by atoms with Crippen molar-refractivity contribution >= 4 is 9.84 Å². The van der Waals surface area contributed by atoms with Gasteiger partial charge in [-0.2, -0.15) is 0 Å². The predicted octanol–water partition coefficient (Wildman–Crippen LogP) is 0.647. The van der Waals surface area contributed by atoms with Gasteiger partial charge in [-0.25, -0.2) is 8.42 Å². The summed E-state index contributed by atoms with van der Waals surface area (Å²) >= 11 is 0. The molecule has 1 aromatic heterocycles. The van der Waals surface area contributed by atoms with Crippen molar-refractivity contribution in [3.05, 3.63) is 30.1 Å². The van der Waals surface area contributed by atoms with Crippen molar-refractivity contribution in [2.75, 3.05) is 18.6 Å². The fraction of sp³-hybridized carbons (Fsp3) is 0.583. The molecule has 2 rings (SSSR count). The Balaban J connectivity index is 2.03. The summed E-state index contributed by atoms with van der Waals surface area (Å²) in [4.78, 5) is 4.28. The minimum Gasteiger partial charge on any atom is -0.316 e. The standard InChI is InChI=1S/C12H18N2O2S/c1-13-12(8-11-4-2-3-6-14-11)10-5-7-17(15,16)9-10/h2-4,6,10,12-13H,5,7-9H2,1H3. The highest BCUT2D eigenvalue weighted by Crippen LogP contribution is 2.23. The van der Waals surface area contributed by atoms with Crippen LogP contribution >= 0.6 is 0 Å². The third-order valence-electron chi connectivity index (χ3n) is 3.36. The van der Waals surface area contributed by atoms with Crippen LogP contribution in [0, 0.1) is 5.92 Å². The summed E-state index contributed by atoms with van der Waals surface area (Å²) in [6.07, 6.45) is 3.33. The molecule has 5 heteroatoms. The molecule has 0 aromatic carbocycles. The summed E-state index contributed by atoms with van der Waals surface area (Å²) in [7, 11) is -0.916. The van der Waals surface area contributed by atoms with Gasteiger partial charge in [0.05, 0.1) is 11.5 Å². The molecule has 17 heavy (non-hydrogen) atoms. The first kappa shape index (κ1) is 12.5. The molecule has 0 saturated carbocycles. The van der Waals surface area contributed by atoms with Crippen LogP contribution in [0.5, 0.6) is 0 Å². The summed E-state index contributed by atoms with van der Waals surface area (Å²) in [6.45, 7) is 0. The highest BCUT2D eigenvalue weighted by Gasteiger charge is 2.33. The van der Waals surface area contributed by atoms with Gasteiger partial charge in [-0.05, 0) is 31.5 Å². The lowest BCUT2D eigenvalue weighted by molar-refractivity contribution is 0.400. The summed E-state index contributed by atoms with van der Waals surface area (Å²) in [6, 6.07) is 6.02. The maximum Gasteiger partial charge on any atom is 0.150 e. The van der Waals surface area contributed by atoms with E-state index in [4.69, 9.17) is 0 Å². The number of hydrogen-bond acceptors (Lipinski definition) is 4. The number of likely N-dealkylation sites (N-methyl/N-ethyl adjacent to an activating group) is 1. The molecule has 1 aliphatic rings. The molecule has 1 N–H and O–H groups in total. The first-order valence-corrected chi connectivity index (χ1v) is 7.70. The van der Waals surface area contributed by atoms with Crippen LogP contribution in [0.3, 0.4) is 0 Å². The van der Waals surface area contributed by atoms with E-state index in [2.05, 4.69) is 10.3 Å². The number of aromatic nitrogens is 1. The molecule has 1 fully saturated rings. The van der Waals surface area contributed by atoms with E-state index in [1.807, 2.05) is 25.2 Å². The molecule has 0 amide bonds. The predicted molar refractivity (Wildman–Crippen MR) is 67.5 cm³/mol. The fourth-order valence-corrected chi connectivity index (χ4v) is 4.27. The van der Waals surface area contributed by atoms with Crippen LogP contribution in [0.25, 0.3) is 0 Å². The fourth-order valence-electron chi connectivity index (χ4n) is 2.39. The molecular weight excluding hydrogens is 236 g/mol. The normalized spacial score (nSPS) is 24.6. The van der Waals surface area contributed by atoms with Crippen LogP contribution in [-0.2, 0) is 16.3 Å². The van der Waals surface area contributed by atoms with Crippen molar-refractivity contribution in [1.82, 2.24) is 10.3 Å². The van der Waals surface area contributed by atoms with E-state index < -0.39 is 9.84 Å². The van der Waals surface area contributed by atoms with Crippen molar-refractivity contribution in [1.29, 1.82) is 0 Å². The van der Waals surface area contributed by atoms with E-state index >= 15 is 0 Å². The van der Waals surface area contributed by atoms with Gasteiger partial charge >= 0.3 is 0 Å². The molecule has 2 unspecified atom stereocenters. The molecule has 0 spiro atoms. The second-order valence-corrected chi connectivity index (χ2v) is 6.81. The molecule has 1 saturated heterocycles. The highest BCUT2D eigenvalue weighted by atomic mass is 32.2. The Morgan fingerprint density at radius 2 is 2.35 bits per heavy atom. The molecule has 0 bridgehead atoms. The third kappa shape index (κ3) is 3.26. The van der Waals surface area contributed by atoms with Crippen LogP contribution < -0.4 is 5.32 Å². The van der Waals surface area contributed by atoms with Gasteiger partial charge in [-0.15, -0.1) is 0 Å².